The second-order valence-corrected chi connectivity index (χ2v) is 19.1. The highest BCUT2D eigenvalue weighted by atomic mass is 16.8. The zero-order chi connectivity index (χ0) is 49.3. The number of fused-ring (bicyclic) bond motifs is 2. The largest absolute Gasteiger partial charge is 0.463 e. The van der Waals surface area contributed by atoms with Crippen molar-refractivity contribution >= 4 is 5.97 Å². The number of hydrogen-bond donors (Lipinski definition) is 0. The molecule has 0 amide bonds. The van der Waals surface area contributed by atoms with Crippen LogP contribution in [-0.2, 0) is 81.5 Å². The Kier molecular flexibility index (Phi) is 17.8. The molecular weight excluding hydrogens is 905 g/mol. The Hall–Kier alpha value is -4.69. The van der Waals surface area contributed by atoms with Gasteiger partial charge in [0.2, 0.25) is 0 Å². The van der Waals surface area contributed by atoms with Crippen LogP contribution in [0.15, 0.2) is 101 Å². The normalized spacial score (nSPS) is 38.2. The Morgan fingerprint density at radius 2 is 1.06 bits per heavy atom. The van der Waals surface area contributed by atoms with E-state index in [4.69, 9.17) is 56.8 Å². The Morgan fingerprint density at radius 3 is 1.63 bits per heavy atom. The van der Waals surface area contributed by atoms with E-state index in [9.17, 15) is 15.9 Å². The number of benzene rings is 3. The minimum Gasteiger partial charge on any atom is -0.463 e. The number of carbonyl (C=O) groups is 1. The molecule has 5 saturated heterocycles. The maximum Gasteiger partial charge on any atom is 0.302 e. The van der Waals surface area contributed by atoms with Crippen molar-refractivity contribution in [1.29, 1.82) is 0 Å². The van der Waals surface area contributed by atoms with Crippen LogP contribution >= 0.6 is 0 Å². The zero-order valence-electron chi connectivity index (χ0n) is 40.7. The van der Waals surface area contributed by atoms with Crippen molar-refractivity contribution in [2.45, 2.75) is 167 Å². The predicted octanol–water partition coefficient (Wildman–Crippen LogP) is 8.33. The number of carbonyl (C=O) groups excluding carboxylic acids is 1. The second kappa shape index (κ2) is 24.2. The van der Waals surface area contributed by atoms with Gasteiger partial charge in [-0.1, -0.05) is 129 Å². The molecule has 3 aromatic rings. The van der Waals surface area contributed by atoms with Crippen LogP contribution in [0.25, 0.3) is 20.9 Å². The average molecular weight is 971 g/mol. The molecular formula is C51H66N6O13. The van der Waals surface area contributed by atoms with Crippen LogP contribution in [0.2, 0.25) is 0 Å². The van der Waals surface area contributed by atoms with Crippen LogP contribution in [0, 0.1) is 23.7 Å². The van der Waals surface area contributed by atoms with E-state index in [0.717, 1.165) is 16.7 Å². The zero-order valence-corrected chi connectivity index (χ0v) is 40.7. The summed E-state index contributed by atoms with van der Waals surface area (Å²) in [5.74, 6) is -1.72. The third kappa shape index (κ3) is 12.1. The molecule has 19 heteroatoms. The first-order valence-corrected chi connectivity index (χ1v) is 24.3. The average Bonchev–Trinajstić information content (AvgIpc) is 3.81. The van der Waals surface area contributed by atoms with Crippen molar-refractivity contribution in [1.82, 2.24) is 0 Å². The van der Waals surface area contributed by atoms with E-state index >= 15 is 0 Å². The fraction of sp³-hybridized carbons (Fsp3) is 0.627. The SMILES string of the molecule is CC(=O)OCC1O[C@@H](O[C@@H]2C(C)O[C@@H](O[C@@H]3C4CO[C@H](O4)C(N=[N+]=[N-])[C@@H]3OCc3ccccc3)C(C)[C@@H]2OCc2ccccc2)C(N=[N+]=[N-])[C@@H](C)[C@@H]1O[C@@H]1OC(C)[C@@H](C)[C@@H](OCc2ccccc2)C1C. The first-order chi connectivity index (χ1) is 33.9. The van der Waals surface area contributed by atoms with Gasteiger partial charge >= 0.3 is 5.97 Å². The summed E-state index contributed by atoms with van der Waals surface area (Å²) in [5.41, 5.74) is 22.6. The quantitative estimate of drug-likeness (QED) is 0.0477. The molecule has 19 nitrogen and oxygen atoms in total. The van der Waals surface area contributed by atoms with Crippen molar-refractivity contribution in [3.63, 3.8) is 0 Å². The molecule has 2 bridgehead atoms. The Labute approximate surface area is 408 Å². The molecule has 0 aromatic heterocycles. The van der Waals surface area contributed by atoms with Crippen LogP contribution in [0.4, 0.5) is 0 Å². The van der Waals surface area contributed by atoms with E-state index in [0.29, 0.717) is 6.61 Å². The first kappa shape index (κ1) is 51.7. The van der Waals surface area contributed by atoms with Crippen LogP contribution in [0.3, 0.4) is 0 Å². The summed E-state index contributed by atoms with van der Waals surface area (Å²) in [6.07, 6.45) is -9.96. The van der Waals surface area contributed by atoms with Gasteiger partial charge in [0.05, 0.1) is 63.0 Å². The van der Waals surface area contributed by atoms with Gasteiger partial charge in [-0.2, -0.15) is 0 Å². The van der Waals surface area contributed by atoms with E-state index in [1.54, 1.807) is 0 Å². The van der Waals surface area contributed by atoms with Crippen LogP contribution in [-0.4, -0.2) is 117 Å². The summed E-state index contributed by atoms with van der Waals surface area (Å²) in [7, 11) is 0. The molecule has 0 aliphatic carbocycles. The summed E-state index contributed by atoms with van der Waals surface area (Å²) in [6, 6.07) is 27.6. The number of ether oxygens (including phenoxy) is 12. The predicted molar refractivity (Wildman–Crippen MR) is 251 cm³/mol. The summed E-state index contributed by atoms with van der Waals surface area (Å²) >= 11 is 0. The number of hydrogen-bond acceptors (Lipinski definition) is 15. The van der Waals surface area contributed by atoms with Crippen molar-refractivity contribution < 1.29 is 61.6 Å². The molecule has 0 N–H and O–H groups in total. The van der Waals surface area contributed by atoms with Crippen molar-refractivity contribution in [3.05, 3.63) is 129 Å². The molecule has 3 aromatic carbocycles. The first-order valence-electron chi connectivity index (χ1n) is 24.3. The maximum absolute atomic E-state index is 12.3. The highest BCUT2D eigenvalue weighted by Crippen LogP contribution is 2.42. The molecule has 8 unspecified atom stereocenters. The number of esters is 1. The van der Waals surface area contributed by atoms with Crippen molar-refractivity contribution in [3.8, 4) is 0 Å². The van der Waals surface area contributed by atoms with Gasteiger partial charge in [0.15, 0.2) is 25.2 Å². The van der Waals surface area contributed by atoms with Crippen molar-refractivity contribution in [2.75, 3.05) is 13.2 Å². The third-order valence-corrected chi connectivity index (χ3v) is 14.2. The van der Waals surface area contributed by atoms with Gasteiger partial charge in [0, 0.05) is 34.5 Å². The van der Waals surface area contributed by atoms with Gasteiger partial charge in [-0.25, -0.2) is 0 Å². The van der Waals surface area contributed by atoms with Crippen LogP contribution in [0.5, 0.6) is 0 Å². The third-order valence-electron chi connectivity index (χ3n) is 14.2. The second-order valence-electron chi connectivity index (χ2n) is 19.1. The van der Waals surface area contributed by atoms with Gasteiger partial charge in [0.1, 0.15) is 43.2 Å². The van der Waals surface area contributed by atoms with E-state index in [1.165, 1.54) is 6.92 Å². The van der Waals surface area contributed by atoms with E-state index in [1.807, 2.05) is 126 Å². The molecule has 0 spiro atoms. The molecule has 8 rings (SSSR count). The number of rotatable bonds is 19. The van der Waals surface area contributed by atoms with E-state index < -0.39 is 104 Å². The smallest absolute Gasteiger partial charge is 0.302 e. The molecule has 5 aliphatic heterocycles. The fourth-order valence-electron chi connectivity index (χ4n) is 10.2. The van der Waals surface area contributed by atoms with E-state index in [2.05, 4.69) is 27.0 Å². The standard InChI is InChI=1S/C51H66N6O13/c1-28-32(5)64-48(30(3)42(28)60-23-35-17-11-8-12-18-35)68-43-29(2)40(54-56-52)51(67-38(43)26-59-34(7)58)69-45-33(6)65-49(31(4)44(45)61-24-36-19-13-9-14-20-36)70-46-39-27-63-50(66-39)41(55-57-53)47(46)62-25-37-21-15-10-16-22-37/h8-22,28-33,38-51H,23-27H2,1-7H3/t28-,29-,30?,31?,32?,33?,38?,39?,40?,41?,42-,43+,44+,45-,46-,47+,48+,49+,50-,51+/m1/s1. The fourth-order valence-corrected chi connectivity index (χ4v) is 10.2. The summed E-state index contributed by atoms with van der Waals surface area (Å²) in [5, 5.41) is 8.31. The highest BCUT2D eigenvalue weighted by molar-refractivity contribution is 5.65. The Balaban J connectivity index is 1.03. The molecule has 70 heavy (non-hydrogen) atoms. The van der Waals surface area contributed by atoms with E-state index in [-0.39, 0.29) is 50.5 Å². The molecule has 0 radical (unpaired) electrons. The van der Waals surface area contributed by atoms with Gasteiger partial charge in [-0.3, -0.25) is 4.79 Å². The summed E-state index contributed by atoms with van der Waals surface area (Å²) in [4.78, 5) is 18.7. The lowest BCUT2D eigenvalue weighted by molar-refractivity contribution is -0.358. The van der Waals surface area contributed by atoms with Crippen molar-refractivity contribution in [2.24, 2.45) is 33.9 Å². The van der Waals surface area contributed by atoms with Gasteiger partial charge < -0.3 is 56.8 Å². The topological polar surface area (TPSA) is 225 Å². The molecule has 0 saturated carbocycles. The monoisotopic (exact) mass is 970 g/mol. The Morgan fingerprint density at radius 1 is 0.557 bits per heavy atom. The van der Waals surface area contributed by atoms with Crippen LogP contribution < -0.4 is 0 Å². The molecule has 5 heterocycles. The molecule has 5 aliphatic rings. The lowest BCUT2D eigenvalue weighted by Gasteiger charge is -2.51. The minimum atomic E-state index is -1.17. The molecule has 5 fully saturated rings. The minimum absolute atomic E-state index is 0.0532. The number of nitrogens with zero attached hydrogens (tertiary/aromatic N) is 6. The van der Waals surface area contributed by atoms with Gasteiger partial charge in [-0.15, -0.1) is 0 Å². The Bertz CT molecular complexity index is 2230. The van der Waals surface area contributed by atoms with Gasteiger partial charge in [0.25, 0.3) is 0 Å². The summed E-state index contributed by atoms with van der Waals surface area (Å²) < 4.78 is 78.3. The van der Waals surface area contributed by atoms with Crippen LogP contribution in [0.1, 0.15) is 65.2 Å². The lowest BCUT2D eigenvalue weighted by Crippen LogP contribution is -2.63. The molecule has 378 valence electrons. The summed E-state index contributed by atoms with van der Waals surface area (Å²) in [6.45, 7) is 14.0. The lowest BCUT2D eigenvalue weighted by atomic mass is 9.85. The number of azide groups is 2. The molecule has 20 atom stereocenters. The maximum atomic E-state index is 12.3. The highest BCUT2D eigenvalue weighted by Gasteiger charge is 2.56. The van der Waals surface area contributed by atoms with Gasteiger partial charge in [-0.05, 0) is 47.5 Å².